The Hall–Kier alpha value is -0.880. The summed E-state index contributed by atoms with van der Waals surface area (Å²) in [5.41, 5.74) is 0.965. The van der Waals surface area contributed by atoms with Crippen molar-refractivity contribution in [2.75, 3.05) is 13.7 Å². The van der Waals surface area contributed by atoms with Gasteiger partial charge in [-0.15, -0.1) is 23.7 Å². The summed E-state index contributed by atoms with van der Waals surface area (Å²) in [6.45, 7) is 0.657. The molecule has 0 bridgehead atoms. The lowest BCUT2D eigenvalue weighted by molar-refractivity contribution is 0.193. The van der Waals surface area contributed by atoms with Crippen molar-refractivity contribution in [2.24, 2.45) is 0 Å². The molecule has 2 N–H and O–H groups in total. The molecule has 2 aromatic rings. The van der Waals surface area contributed by atoms with Crippen LogP contribution in [0.4, 0.5) is 0 Å². The van der Waals surface area contributed by atoms with Crippen LogP contribution in [0.5, 0.6) is 5.75 Å². The van der Waals surface area contributed by atoms with Crippen LogP contribution in [0, 0.1) is 0 Å². The van der Waals surface area contributed by atoms with Gasteiger partial charge in [0.2, 0.25) is 0 Å². The minimum atomic E-state index is -0.249. The van der Waals surface area contributed by atoms with E-state index >= 15 is 0 Å². The van der Waals surface area contributed by atoms with Crippen molar-refractivity contribution in [3.05, 3.63) is 23.2 Å². The number of methoxy groups -OCH3 is 1. The summed E-state index contributed by atoms with van der Waals surface area (Å²) >= 11 is 1.68. The number of hydrogen-bond donors (Lipinski definition) is 2. The fraction of sp³-hybridized carbons (Fsp3) is 0.417. The molecule has 0 radical (unpaired) electrons. The van der Waals surface area contributed by atoms with Crippen LogP contribution in [0.1, 0.15) is 17.5 Å². The minimum Gasteiger partial charge on any atom is -0.497 e. The lowest BCUT2D eigenvalue weighted by Crippen LogP contribution is -2.14. The van der Waals surface area contributed by atoms with E-state index in [0.717, 1.165) is 27.4 Å². The van der Waals surface area contributed by atoms with Crippen molar-refractivity contribution in [3.8, 4) is 5.75 Å². The predicted molar refractivity (Wildman–Crippen MR) is 74.8 cm³/mol. The molecule has 3 rings (SSSR count). The van der Waals surface area contributed by atoms with E-state index in [9.17, 15) is 5.11 Å². The Morgan fingerprint density at radius 1 is 1.50 bits per heavy atom. The maximum absolute atomic E-state index is 9.51. The van der Waals surface area contributed by atoms with Gasteiger partial charge in [-0.2, -0.15) is 0 Å². The molecule has 2 atom stereocenters. The maximum Gasteiger partial charge on any atom is 0.121 e. The summed E-state index contributed by atoms with van der Waals surface area (Å²) in [7, 11) is 1.66. The quantitative estimate of drug-likeness (QED) is 0.888. The van der Waals surface area contributed by atoms with Crippen molar-refractivity contribution in [1.82, 2.24) is 10.3 Å². The number of ether oxygens (including phenoxy) is 1. The minimum absolute atomic E-state index is 0. The second-order valence-electron chi connectivity index (χ2n) is 4.24. The average Bonchev–Trinajstić information content (AvgIpc) is 2.93. The molecule has 18 heavy (non-hydrogen) atoms. The van der Waals surface area contributed by atoms with Crippen molar-refractivity contribution in [2.45, 2.75) is 18.6 Å². The summed E-state index contributed by atoms with van der Waals surface area (Å²) in [6, 6.07) is 6.11. The van der Waals surface area contributed by atoms with Crippen molar-refractivity contribution < 1.29 is 9.84 Å². The van der Waals surface area contributed by atoms with Gasteiger partial charge in [-0.25, -0.2) is 4.98 Å². The number of aliphatic hydroxyl groups excluding tert-OH is 1. The van der Waals surface area contributed by atoms with Gasteiger partial charge in [-0.1, -0.05) is 0 Å². The molecule has 1 saturated heterocycles. The van der Waals surface area contributed by atoms with Gasteiger partial charge in [0.25, 0.3) is 0 Å². The summed E-state index contributed by atoms with van der Waals surface area (Å²) in [5, 5.41) is 13.8. The van der Waals surface area contributed by atoms with Crippen LogP contribution >= 0.6 is 23.7 Å². The van der Waals surface area contributed by atoms with E-state index in [1.807, 2.05) is 18.2 Å². The lowest BCUT2D eigenvalue weighted by atomic mass is 10.2. The van der Waals surface area contributed by atoms with Crippen molar-refractivity contribution in [3.63, 3.8) is 0 Å². The van der Waals surface area contributed by atoms with Gasteiger partial charge in [0.15, 0.2) is 0 Å². The first-order valence-corrected chi connectivity index (χ1v) is 6.44. The van der Waals surface area contributed by atoms with Gasteiger partial charge in [0, 0.05) is 12.6 Å². The molecule has 0 saturated carbocycles. The number of nitrogens with zero attached hydrogens (tertiary/aromatic N) is 1. The topological polar surface area (TPSA) is 54.4 Å². The van der Waals surface area contributed by atoms with Crippen LogP contribution in [0.2, 0.25) is 0 Å². The molecule has 0 spiro atoms. The van der Waals surface area contributed by atoms with E-state index in [1.54, 1.807) is 18.4 Å². The summed E-state index contributed by atoms with van der Waals surface area (Å²) < 4.78 is 6.34. The zero-order chi connectivity index (χ0) is 11.8. The zero-order valence-corrected chi connectivity index (χ0v) is 11.6. The van der Waals surface area contributed by atoms with Crippen LogP contribution in [-0.2, 0) is 0 Å². The fourth-order valence-electron chi connectivity index (χ4n) is 2.11. The smallest absolute Gasteiger partial charge is 0.121 e. The SMILES string of the molecule is COc1ccc2sc(C3CC(O)CN3)nc2c1.Cl. The number of rotatable bonds is 2. The van der Waals surface area contributed by atoms with Crippen molar-refractivity contribution >= 4 is 34.0 Å². The standard InChI is InChI=1S/C12H14N2O2S.ClH/c1-16-8-2-3-11-9(5-8)14-12(17-11)10-4-7(15)6-13-10;/h2-3,5,7,10,13,15H,4,6H2,1H3;1H. The van der Waals surface area contributed by atoms with Crippen LogP contribution in [-0.4, -0.2) is 29.8 Å². The number of β-amino-alcohol motifs (C(OH)–C–C–N with tert-alkyl or cyclic N) is 1. The maximum atomic E-state index is 9.51. The Morgan fingerprint density at radius 3 is 3.00 bits per heavy atom. The molecule has 1 fully saturated rings. The molecule has 6 heteroatoms. The first-order valence-electron chi connectivity index (χ1n) is 5.62. The Balaban J connectivity index is 0.00000120. The lowest BCUT2D eigenvalue weighted by Gasteiger charge is -2.03. The molecule has 2 heterocycles. The number of hydrogen-bond acceptors (Lipinski definition) is 5. The largest absolute Gasteiger partial charge is 0.497 e. The normalized spacial score (nSPS) is 23.0. The Labute approximate surface area is 115 Å². The Bertz CT molecular complexity index is 546. The van der Waals surface area contributed by atoms with E-state index in [4.69, 9.17) is 4.74 Å². The van der Waals surface area contributed by atoms with Gasteiger partial charge in [0.1, 0.15) is 10.8 Å². The molecular weight excluding hydrogens is 272 g/mol. The average molecular weight is 287 g/mol. The number of nitrogens with one attached hydrogen (secondary N) is 1. The number of halogens is 1. The van der Waals surface area contributed by atoms with E-state index in [0.29, 0.717) is 6.54 Å². The van der Waals surface area contributed by atoms with E-state index in [1.165, 1.54) is 0 Å². The summed E-state index contributed by atoms with van der Waals surface area (Å²) in [6.07, 6.45) is 0.498. The van der Waals surface area contributed by atoms with Gasteiger partial charge >= 0.3 is 0 Å². The van der Waals surface area contributed by atoms with E-state index < -0.39 is 0 Å². The van der Waals surface area contributed by atoms with Gasteiger partial charge < -0.3 is 15.2 Å². The number of aromatic nitrogens is 1. The molecule has 0 aliphatic carbocycles. The Morgan fingerprint density at radius 2 is 2.33 bits per heavy atom. The summed E-state index contributed by atoms with van der Waals surface area (Å²) in [4.78, 5) is 4.60. The number of thiazole rings is 1. The number of benzene rings is 1. The molecular formula is C12H15ClN2O2S. The second-order valence-corrected chi connectivity index (χ2v) is 5.30. The molecule has 4 nitrogen and oxygen atoms in total. The van der Waals surface area contributed by atoms with E-state index in [-0.39, 0.29) is 24.6 Å². The molecule has 0 amide bonds. The van der Waals surface area contributed by atoms with Crippen LogP contribution in [0.3, 0.4) is 0 Å². The van der Waals surface area contributed by atoms with Gasteiger partial charge in [-0.05, 0) is 18.6 Å². The highest BCUT2D eigenvalue weighted by Crippen LogP contribution is 2.32. The summed E-state index contributed by atoms with van der Waals surface area (Å²) in [5.74, 6) is 0.828. The third-order valence-electron chi connectivity index (χ3n) is 3.02. The highest BCUT2D eigenvalue weighted by atomic mass is 35.5. The number of fused-ring (bicyclic) bond motifs is 1. The first kappa shape index (κ1) is 13.5. The number of aliphatic hydroxyl groups is 1. The third kappa shape index (κ3) is 2.44. The van der Waals surface area contributed by atoms with Gasteiger partial charge in [0.05, 0.1) is 29.5 Å². The highest BCUT2D eigenvalue weighted by Gasteiger charge is 2.26. The van der Waals surface area contributed by atoms with Gasteiger partial charge in [-0.3, -0.25) is 0 Å². The van der Waals surface area contributed by atoms with Crippen LogP contribution in [0.15, 0.2) is 18.2 Å². The molecule has 1 aliphatic heterocycles. The molecule has 1 aromatic carbocycles. The van der Waals surface area contributed by atoms with Crippen LogP contribution < -0.4 is 10.1 Å². The second kappa shape index (κ2) is 5.40. The molecule has 1 aliphatic rings. The Kier molecular flexibility index (Phi) is 4.07. The van der Waals surface area contributed by atoms with E-state index in [2.05, 4.69) is 10.3 Å². The zero-order valence-electron chi connectivity index (χ0n) is 9.92. The predicted octanol–water partition coefficient (Wildman–Crippen LogP) is 2.12. The first-order chi connectivity index (χ1) is 8.26. The van der Waals surface area contributed by atoms with Crippen LogP contribution in [0.25, 0.3) is 10.2 Å². The highest BCUT2D eigenvalue weighted by molar-refractivity contribution is 7.18. The molecule has 1 aromatic heterocycles. The molecule has 98 valence electrons. The fourth-order valence-corrected chi connectivity index (χ4v) is 3.14. The third-order valence-corrected chi connectivity index (χ3v) is 4.17. The monoisotopic (exact) mass is 286 g/mol. The van der Waals surface area contributed by atoms with Crippen molar-refractivity contribution in [1.29, 1.82) is 0 Å². The molecule has 2 unspecified atom stereocenters.